The fraction of sp³-hybridized carbons (Fsp3) is 0.562. The van der Waals surface area contributed by atoms with Crippen molar-refractivity contribution in [1.82, 2.24) is 10.2 Å². The van der Waals surface area contributed by atoms with Crippen molar-refractivity contribution in [2.45, 2.75) is 33.2 Å². The number of carbonyl (C=O) groups excluding carboxylic acids is 1. The quantitative estimate of drug-likeness (QED) is 0.823. The molecule has 1 N–H and O–H groups in total. The molecule has 0 aromatic heterocycles. The van der Waals surface area contributed by atoms with Gasteiger partial charge in [-0.25, -0.2) is 0 Å². The van der Waals surface area contributed by atoms with Crippen LogP contribution in [0.25, 0.3) is 0 Å². The third-order valence-electron chi connectivity index (χ3n) is 3.55. The molecule has 2 rings (SSSR count). The van der Waals surface area contributed by atoms with Gasteiger partial charge in [-0.15, -0.1) is 0 Å². The van der Waals surface area contributed by atoms with E-state index >= 15 is 0 Å². The molecule has 0 radical (unpaired) electrons. The van der Waals surface area contributed by atoms with E-state index in [9.17, 15) is 4.79 Å². The summed E-state index contributed by atoms with van der Waals surface area (Å²) in [7, 11) is 0. The molecular weight excluding hydrogens is 236 g/mol. The van der Waals surface area contributed by atoms with E-state index in [0.29, 0.717) is 12.3 Å². The molecule has 1 aliphatic rings. The molecule has 1 amide bonds. The number of carbonyl (C=O) groups is 1. The Morgan fingerprint density at radius 1 is 1.32 bits per heavy atom. The van der Waals surface area contributed by atoms with Gasteiger partial charge >= 0.3 is 0 Å². The Labute approximate surface area is 116 Å². The highest BCUT2D eigenvalue weighted by Crippen LogP contribution is 2.18. The second-order valence-corrected chi connectivity index (χ2v) is 5.68. The Hall–Kier alpha value is -1.35. The van der Waals surface area contributed by atoms with E-state index in [2.05, 4.69) is 43.4 Å². The van der Waals surface area contributed by atoms with Crippen LogP contribution < -0.4 is 5.32 Å². The fourth-order valence-corrected chi connectivity index (χ4v) is 2.45. The van der Waals surface area contributed by atoms with Crippen LogP contribution in [0.2, 0.25) is 0 Å². The first-order valence-corrected chi connectivity index (χ1v) is 7.22. The number of amides is 1. The van der Waals surface area contributed by atoms with Crippen LogP contribution in [-0.4, -0.2) is 30.4 Å². The van der Waals surface area contributed by atoms with Gasteiger partial charge in [0.15, 0.2) is 0 Å². The van der Waals surface area contributed by atoms with Gasteiger partial charge in [-0.1, -0.05) is 38.1 Å². The first-order valence-electron chi connectivity index (χ1n) is 7.22. The Bertz CT molecular complexity index is 429. The van der Waals surface area contributed by atoms with E-state index in [0.717, 1.165) is 32.6 Å². The van der Waals surface area contributed by atoms with Crippen LogP contribution >= 0.6 is 0 Å². The van der Waals surface area contributed by atoms with Crippen LogP contribution in [0, 0.1) is 5.92 Å². The predicted molar refractivity (Wildman–Crippen MR) is 77.9 cm³/mol. The molecule has 1 aliphatic heterocycles. The lowest BCUT2D eigenvalue weighted by atomic mass is 10.00. The van der Waals surface area contributed by atoms with Crippen LogP contribution in [0.15, 0.2) is 24.3 Å². The highest BCUT2D eigenvalue weighted by atomic mass is 16.2. The van der Waals surface area contributed by atoms with Crippen molar-refractivity contribution in [3.8, 4) is 0 Å². The topological polar surface area (TPSA) is 32.3 Å². The summed E-state index contributed by atoms with van der Waals surface area (Å²) in [4.78, 5) is 14.1. The zero-order valence-electron chi connectivity index (χ0n) is 12.0. The number of nitrogens with zero attached hydrogens (tertiary/aromatic N) is 1. The number of nitrogens with one attached hydrogen (secondary N) is 1. The lowest BCUT2D eigenvalue weighted by molar-refractivity contribution is -0.132. The predicted octanol–water partition coefficient (Wildman–Crippen LogP) is 2.21. The third-order valence-corrected chi connectivity index (χ3v) is 3.55. The zero-order chi connectivity index (χ0) is 13.7. The summed E-state index contributed by atoms with van der Waals surface area (Å²) in [5, 5.41) is 3.33. The van der Waals surface area contributed by atoms with Crippen LogP contribution in [-0.2, 0) is 17.8 Å². The smallest absolute Gasteiger partial charge is 0.224 e. The lowest BCUT2D eigenvalue weighted by Gasteiger charge is -2.29. The minimum Gasteiger partial charge on any atom is -0.338 e. The largest absolute Gasteiger partial charge is 0.338 e. The van der Waals surface area contributed by atoms with E-state index in [4.69, 9.17) is 0 Å². The standard InChI is InChI=1S/C16H24N2O/c1-13(2)11-17-9-7-16(19)18-10-8-14-5-3-4-6-15(14)12-18/h3-6,13,17H,7-12H2,1-2H3. The number of hydrogen-bond acceptors (Lipinski definition) is 2. The molecule has 0 spiro atoms. The van der Waals surface area contributed by atoms with Gasteiger partial charge in [0.2, 0.25) is 5.91 Å². The zero-order valence-corrected chi connectivity index (χ0v) is 12.0. The third kappa shape index (κ3) is 4.06. The second-order valence-electron chi connectivity index (χ2n) is 5.68. The molecule has 0 unspecified atom stereocenters. The molecule has 0 atom stereocenters. The number of fused-ring (bicyclic) bond motifs is 1. The molecule has 0 fully saturated rings. The highest BCUT2D eigenvalue weighted by Gasteiger charge is 2.19. The minimum atomic E-state index is 0.269. The molecule has 0 saturated heterocycles. The molecule has 1 aromatic carbocycles. The van der Waals surface area contributed by atoms with E-state index in [-0.39, 0.29) is 5.91 Å². The molecule has 104 valence electrons. The molecule has 19 heavy (non-hydrogen) atoms. The first kappa shape index (κ1) is 14.1. The van der Waals surface area contributed by atoms with Gasteiger partial charge in [0, 0.05) is 26.1 Å². The average Bonchev–Trinajstić information content (AvgIpc) is 2.42. The molecule has 0 saturated carbocycles. The first-order chi connectivity index (χ1) is 9.16. The van der Waals surface area contributed by atoms with Crippen LogP contribution in [0.3, 0.4) is 0 Å². The summed E-state index contributed by atoms with van der Waals surface area (Å²) in [6.45, 7) is 7.76. The maximum atomic E-state index is 12.1. The SMILES string of the molecule is CC(C)CNCCC(=O)N1CCc2ccccc2C1. The van der Waals surface area contributed by atoms with Crippen molar-refractivity contribution >= 4 is 5.91 Å². The van der Waals surface area contributed by atoms with Crippen LogP contribution in [0.4, 0.5) is 0 Å². The van der Waals surface area contributed by atoms with Gasteiger partial charge in [0.25, 0.3) is 0 Å². The van der Waals surface area contributed by atoms with E-state index < -0.39 is 0 Å². The fourth-order valence-electron chi connectivity index (χ4n) is 2.45. The van der Waals surface area contributed by atoms with Gasteiger partial charge in [0.1, 0.15) is 0 Å². The van der Waals surface area contributed by atoms with Crippen molar-refractivity contribution < 1.29 is 4.79 Å². The molecular formula is C16H24N2O. The van der Waals surface area contributed by atoms with Gasteiger partial charge in [-0.3, -0.25) is 4.79 Å². The second kappa shape index (κ2) is 6.71. The Morgan fingerprint density at radius 2 is 2.05 bits per heavy atom. The van der Waals surface area contributed by atoms with E-state index in [1.54, 1.807) is 0 Å². The molecule has 0 bridgehead atoms. The van der Waals surface area contributed by atoms with Gasteiger partial charge < -0.3 is 10.2 Å². The van der Waals surface area contributed by atoms with Crippen molar-refractivity contribution in [2.75, 3.05) is 19.6 Å². The van der Waals surface area contributed by atoms with Gasteiger partial charge in [-0.2, -0.15) is 0 Å². The molecule has 1 heterocycles. The average molecular weight is 260 g/mol. The molecule has 1 aromatic rings. The Morgan fingerprint density at radius 3 is 2.79 bits per heavy atom. The normalized spacial score (nSPS) is 14.6. The summed E-state index contributed by atoms with van der Waals surface area (Å²) in [5.74, 6) is 0.905. The molecule has 3 nitrogen and oxygen atoms in total. The van der Waals surface area contributed by atoms with E-state index in [1.165, 1.54) is 11.1 Å². The minimum absolute atomic E-state index is 0.269. The van der Waals surface area contributed by atoms with Crippen molar-refractivity contribution in [2.24, 2.45) is 5.92 Å². The molecule has 3 heteroatoms. The number of rotatable bonds is 5. The maximum Gasteiger partial charge on any atom is 0.224 e. The Balaban J connectivity index is 1.79. The van der Waals surface area contributed by atoms with Crippen molar-refractivity contribution in [3.63, 3.8) is 0 Å². The lowest BCUT2D eigenvalue weighted by Crippen LogP contribution is -2.37. The van der Waals surface area contributed by atoms with Gasteiger partial charge in [-0.05, 0) is 30.0 Å². The maximum absolute atomic E-state index is 12.1. The number of hydrogen-bond donors (Lipinski definition) is 1. The van der Waals surface area contributed by atoms with Gasteiger partial charge in [0.05, 0.1) is 0 Å². The summed E-state index contributed by atoms with van der Waals surface area (Å²) in [6, 6.07) is 8.43. The van der Waals surface area contributed by atoms with E-state index in [1.807, 2.05) is 4.90 Å². The Kier molecular flexibility index (Phi) is 4.97. The van der Waals surface area contributed by atoms with Crippen molar-refractivity contribution in [3.05, 3.63) is 35.4 Å². The summed E-state index contributed by atoms with van der Waals surface area (Å²) >= 11 is 0. The van der Waals surface area contributed by atoms with Crippen LogP contribution in [0.5, 0.6) is 0 Å². The summed E-state index contributed by atoms with van der Waals surface area (Å²) in [6.07, 6.45) is 1.59. The summed E-state index contributed by atoms with van der Waals surface area (Å²) in [5.41, 5.74) is 2.70. The highest BCUT2D eigenvalue weighted by molar-refractivity contribution is 5.76. The molecule has 0 aliphatic carbocycles. The summed E-state index contributed by atoms with van der Waals surface area (Å²) < 4.78 is 0. The monoisotopic (exact) mass is 260 g/mol. The van der Waals surface area contributed by atoms with Crippen molar-refractivity contribution in [1.29, 1.82) is 0 Å². The number of benzene rings is 1. The van der Waals surface area contributed by atoms with Crippen LogP contribution in [0.1, 0.15) is 31.4 Å².